The first-order valence-electron chi connectivity index (χ1n) is 0.730. The molecule has 0 unspecified atom stereocenters. The van der Waals surface area contributed by atoms with Crippen molar-refractivity contribution >= 4 is 29.7 Å². The molecule has 0 bridgehead atoms. The summed E-state index contributed by atoms with van der Waals surface area (Å²) in [5.74, 6) is 0. The standard InChI is InChI=1S/Au.H3O2PS2/c;1-3(2,4)5/h;(H3,1,2,4,5)/q+3;/p-3. The van der Waals surface area contributed by atoms with E-state index in [1.54, 1.807) is 0 Å². The largest absolute Gasteiger partial charge is 3.00 e. The van der Waals surface area contributed by atoms with Crippen LogP contribution in [-0.4, -0.2) is 0 Å². The second-order valence-corrected chi connectivity index (χ2v) is 4.92. The van der Waals surface area contributed by atoms with E-state index in [-0.39, 0.29) is 22.4 Å². The van der Waals surface area contributed by atoms with Crippen molar-refractivity contribution in [3.63, 3.8) is 0 Å². The number of hydrogen-bond acceptors (Lipinski definition) is 4. The fourth-order valence-corrected chi connectivity index (χ4v) is 0. The van der Waals surface area contributed by atoms with Crippen molar-refractivity contribution in [3.05, 3.63) is 0 Å². The Morgan fingerprint density at radius 2 is 1.50 bits per heavy atom. The zero-order valence-corrected chi connectivity index (χ0v) is 7.08. The molecule has 0 radical (unpaired) electrons. The molecule has 0 amide bonds. The molecule has 6 heavy (non-hydrogen) atoms. The summed E-state index contributed by atoms with van der Waals surface area (Å²) in [6.45, 7) is 0. The van der Waals surface area contributed by atoms with Crippen LogP contribution >= 0.6 is 5.69 Å². The van der Waals surface area contributed by atoms with Crippen LogP contribution in [-0.2, 0) is 46.4 Å². The zero-order chi connectivity index (χ0) is 4.50. The van der Waals surface area contributed by atoms with E-state index in [1.807, 2.05) is 0 Å². The van der Waals surface area contributed by atoms with Gasteiger partial charge in [-0.05, 0) is 0 Å². The SMILES string of the molecule is [Au+3].[O-]P([O-])(=S)[S-]. The molecule has 0 N–H and O–H groups in total. The zero-order valence-electron chi connectivity index (χ0n) is 2.38. The van der Waals surface area contributed by atoms with Gasteiger partial charge in [-0.2, -0.15) is 11.8 Å². The van der Waals surface area contributed by atoms with Gasteiger partial charge in [0.1, 0.15) is 0 Å². The van der Waals surface area contributed by atoms with Crippen molar-refractivity contribution in [2.75, 3.05) is 0 Å². The molecule has 0 spiro atoms. The quantitative estimate of drug-likeness (QED) is 0.308. The van der Waals surface area contributed by atoms with E-state index >= 15 is 0 Å². The van der Waals surface area contributed by atoms with Gasteiger partial charge in [0.25, 0.3) is 0 Å². The number of hydrogen-bond donors (Lipinski definition) is 0. The third-order valence-electron chi connectivity index (χ3n) is 0. The van der Waals surface area contributed by atoms with Crippen LogP contribution in [0.4, 0.5) is 0 Å². The van der Waals surface area contributed by atoms with Gasteiger partial charge in [-0.1, -0.05) is 0 Å². The smallest absolute Gasteiger partial charge is 0.850 e. The molecule has 0 aliphatic heterocycles. The maximum Gasteiger partial charge on any atom is 3.00 e. The molecular formula is AuO2PS2. The van der Waals surface area contributed by atoms with Crippen molar-refractivity contribution in [3.8, 4) is 0 Å². The second-order valence-electron chi connectivity index (χ2n) is 0.447. The maximum atomic E-state index is 9.29. The van der Waals surface area contributed by atoms with Crippen LogP contribution in [0.3, 0.4) is 0 Å². The van der Waals surface area contributed by atoms with Crippen molar-refractivity contribution in [2.24, 2.45) is 0 Å². The molecule has 0 heterocycles. The van der Waals surface area contributed by atoms with Gasteiger partial charge in [0.15, 0.2) is 0 Å². The van der Waals surface area contributed by atoms with Crippen LogP contribution < -0.4 is 9.79 Å². The van der Waals surface area contributed by atoms with E-state index in [0.717, 1.165) is 0 Å². The van der Waals surface area contributed by atoms with Gasteiger partial charge in [-0.3, -0.25) is 0 Å². The van der Waals surface area contributed by atoms with Gasteiger partial charge in [0, 0.05) is 0 Å². The summed E-state index contributed by atoms with van der Waals surface area (Å²) in [6, 6.07) is 0. The minimum absolute atomic E-state index is 0. The second kappa shape index (κ2) is 3.64. The molecule has 0 saturated heterocycles. The van der Waals surface area contributed by atoms with Crippen molar-refractivity contribution in [1.82, 2.24) is 0 Å². The molecule has 0 aromatic rings. The van der Waals surface area contributed by atoms with E-state index in [1.165, 1.54) is 0 Å². The summed E-state index contributed by atoms with van der Waals surface area (Å²) in [5.41, 5.74) is -3.72. The maximum absolute atomic E-state index is 9.29. The summed E-state index contributed by atoms with van der Waals surface area (Å²) in [5, 5.41) is 0. The van der Waals surface area contributed by atoms with Gasteiger partial charge in [-0.25, -0.2) is 0 Å². The Kier molecular flexibility index (Phi) is 6.43. The van der Waals surface area contributed by atoms with Crippen molar-refractivity contribution in [1.29, 1.82) is 0 Å². The molecule has 6 heteroatoms. The van der Waals surface area contributed by atoms with E-state index in [2.05, 4.69) is 24.1 Å². The van der Waals surface area contributed by atoms with Gasteiger partial charge in [0.05, 0.1) is 0 Å². The molecule has 0 aliphatic rings. The summed E-state index contributed by atoms with van der Waals surface area (Å²) >= 11 is 7.28. The molecule has 0 fully saturated rings. The number of rotatable bonds is 0. The fourth-order valence-electron chi connectivity index (χ4n) is 0. The average Bonchev–Trinajstić information content (AvgIpc) is 0.722. The topological polar surface area (TPSA) is 46.1 Å². The van der Waals surface area contributed by atoms with Crippen LogP contribution in [0.5, 0.6) is 0 Å². The normalized spacial score (nSPS) is 9.83. The average molecular weight is 324 g/mol. The van der Waals surface area contributed by atoms with Gasteiger partial charge in [-0.15, -0.1) is 0 Å². The monoisotopic (exact) mass is 324 g/mol. The minimum atomic E-state index is -3.72. The Morgan fingerprint density at radius 1 is 1.50 bits per heavy atom. The molecule has 0 rings (SSSR count). The van der Waals surface area contributed by atoms with Crippen LogP contribution in [0.15, 0.2) is 0 Å². The van der Waals surface area contributed by atoms with Crippen molar-refractivity contribution in [2.45, 2.75) is 0 Å². The van der Waals surface area contributed by atoms with Gasteiger partial charge < -0.3 is 27.7 Å². The van der Waals surface area contributed by atoms with Crippen LogP contribution in [0.2, 0.25) is 0 Å². The fraction of sp³-hybridized carbons (Fsp3) is 0. The summed E-state index contributed by atoms with van der Waals surface area (Å²) < 4.78 is 0. The first-order valence-corrected chi connectivity index (χ1v) is 4.38. The molecule has 0 aromatic carbocycles. The minimum Gasteiger partial charge on any atom is -0.850 e. The molecule has 0 aromatic heterocycles. The third-order valence-corrected chi connectivity index (χ3v) is 0. The van der Waals surface area contributed by atoms with E-state index in [0.29, 0.717) is 0 Å². The van der Waals surface area contributed by atoms with Gasteiger partial charge >= 0.3 is 22.4 Å². The molecular weight excluding hydrogens is 324 g/mol. The Morgan fingerprint density at radius 3 is 1.50 bits per heavy atom. The van der Waals surface area contributed by atoms with Gasteiger partial charge in [0.2, 0.25) is 0 Å². The Balaban J connectivity index is 0. The molecule has 40 valence electrons. The Hall–Kier alpha value is 1.66. The van der Waals surface area contributed by atoms with Crippen molar-refractivity contribution < 1.29 is 32.2 Å². The van der Waals surface area contributed by atoms with E-state index in [4.69, 9.17) is 0 Å². The predicted octanol–water partition coefficient (Wildman–Crippen LogP) is -1.52. The predicted molar refractivity (Wildman–Crippen MR) is 21.6 cm³/mol. The Bertz CT molecular complexity index is 57.7. The van der Waals surface area contributed by atoms with E-state index in [9.17, 15) is 9.79 Å². The first kappa shape index (κ1) is 10.6. The van der Waals surface area contributed by atoms with Crippen LogP contribution in [0.1, 0.15) is 0 Å². The molecule has 0 saturated carbocycles. The van der Waals surface area contributed by atoms with E-state index < -0.39 is 5.69 Å². The van der Waals surface area contributed by atoms with Crippen LogP contribution in [0, 0.1) is 0 Å². The molecule has 0 atom stereocenters. The third kappa shape index (κ3) is 44.6. The summed E-state index contributed by atoms with van der Waals surface area (Å²) in [6.07, 6.45) is 0. The Labute approximate surface area is 61.8 Å². The summed E-state index contributed by atoms with van der Waals surface area (Å²) in [7, 11) is 0. The molecule has 0 aliphatic carbocycles. The van der Waals surface area contributed by atoms with Crippen LogP contribution in [0.25, 0.3) is 0 Å². The molecule has 2 nitrogen and oxygen atoms in total. The first-order chi connectivity index (χ1) is 2.00. The summed E-state index contributed by atoms with van der Waals surface area (Å²) in [4.78, 5) is 18.6.